The molecule has 1 saturated carbocycles. The highest BCUT2D eigenvalue weighted by atomic mass is 35.5. The predicted octanol–water partition coefficient (Wildman–Crippen LogP) is 3.27. The SMILES string of the molecule is Cc1cccc(C2(CCl)CC2)c1. The van der Waals surface area contributed by atoms with Crippen molar-refractivity contribution >= 4 is 11.6 Å². The number of rotatable bonds is 2. The third-order valence-corrected chi connectivity index (χ3v) is 3.25. The number of halogens is 1. The van der Waals surface area contributed by atoms with Gasteiger partial charge in [0.2, 0.25) is 0 Å². The van der Waals surface area contributed by atoms with Crippen LogP contribution in [0.4, 0.5) is 0 Å². The quantitative estimate of drug-likeness (QED) is 0.613. The molecule has 0 N–H and O–H groups in total. The summed E-state index contributed by atoms with van der Waals surface area (Å²) in [4.78, 5) is 0. The van der Waals surface area contributed by atoms with E-state index in [1.807, 2.05) is 0 Å². The lowest BCUT2D eigenvalue weighted by molar-refractivity contribution is 0.795. The maximum absolute atomic E-state index is 5.94. The molecule has 0 atom stereocenters. The lowest BCUT2D eigenvalue weighted by Crippen LogP contribution is -2.07. The molecule has 2 rings (SSSR count). The van der Waals surface area contributed by atoms with Gasteiger partial charge in [-0.15, -0.1) is 11.6 Å². The molecule has 1 fully saturated rings. The van der Waals surface area contributed by atoms with Gasteiger partial charge >= 0.3 is 0 Å². The summed E-state index contributed by atoms with van der Waals surface area (Å²) in [7, 11) is 0. The van der Waals surface area contributed by atoms with Crippen LogP contribution in [0.15, 0.2) is 24.3 Å². The van der Waals surface area contributed by atoms with Crippen LogP contribution >= 0.6 is 11.6 Å². The molecule has 1 aliphatic carbocycles. The fraction of sp³-hybridized carbons (Fsp3) is 0.455. The van der Waals surface area contributed by atoms with E-state index in [4.69, 9.17) is 11.6 Å². The van der Waals surface area contributed by atoms with E-state index < -0.39 is 0 Å². The van der Waals surface area contributed by atoms with Crippen LogP contribution in [0.25, 0.3) is 0 Å². The van der Waals surface area contributed by atoms with Gasteiger partial charge in [-0.25, -0.2) is 0 Å². The molecule has 0 bridgehead atoms. The van der Waals surface area contributed by atoms with E-state index in [0.717, 1.165) is 5.88 Å². The molecule has 1 aromatic rings. The summed E-state index contributed by atoms with van der Waals surface area (Å²) >= 11 is 5.94. The summed E-state index contributed by atoms with van der Waals surface area (Å²) in [6, 6.07) is 8.71. The van der Waals surface area contributed by atoms with Crippen LogP contribution < -0.4 is 0 Å². The third-order valence-electron chi connectivity index (χ3n) is 2.74. The maximum Gasteiger partial charge on any atom is 0.0320 e. The van der Waals surface area contributed by atoms with E-state index in [9.17, 15) is 0 Å². The molecular formula is C11H13Cl. The van der Waals surface area contributed by atoms with Gasteiger partial charge in [-0.3, -0.25) is 0 Å². The Morgan fingerprint density at radius 3 is 2.67 bits per heavy atom. The molecule has 0 aromatic heterocycles. The molecule has 64 valence electrons. The van der Waals surface area contributed by atoms with Gasteiger partial charge in [0.05, 0.1) is 0 Å². The number of hydrogen-bond acceptors (Lipinski definition) is 0. The zero-order chi connectivity index (χ0) is 8.60. The summed E-state index contributed by atoms with van der Waals surface area (Å²) in [6.07, 6.45) is 2.53. The Morgan fingerprint density at radius 2 is 2.17 bits per heavy atom. The first kappa shape index (κ1) is 8.12. The molecule has 12 heavy (non-hydrogen) atoms. The number of aryl methyl sites for hydroxylation is 1. The van der Waals surface area contributed by atoms with Gasteiger partial charge in [0.25, 0.3) is 0 Å². The minimum Gasteiger partial charge on any atom is -0.126 e. The van der Waals surface area contributed by atoms with Crippen molar-refractivity contribution in [3.8, 4) is 0 Å². The van der Waals surface area contributed by atoms with Crippen LogP contribution in [0.1, 0.15) is 24.0 Å². The fourth-order valence-electron chi connectivity index (χ4n) is 1.63. The lowest BCUT2D eigenvalue weighted by atomic mass is 9.97. The van der Waals surface area contributed by atoms with Crippen molar-refractivity contribution < 1.29 is 0 Å². The van der Waals surface area contributed by atoms with Gasteiger partial charge in [-0.2, -0.15) is 0 Å². The molecule has 0 aliphatic heterocycles. The predicted molar refractivity (Wildman–Crippen MR) is 52.8 cm³/mol. The summed E-state index contributed by atoms with van der Waals surface area (Å²) in [5.74, 6) is 0.774. The largest absolute Gasteiger partial charge is 0.126 e. The molecular weight excluding hydrogens is 168 g/mol. The first-order valence-corrected chi connectivity index (χ1v) is 4.93. The zero-order valence-electron chi connectivity index (χ0n) is 7.31. The average molecular weight is 181 g/mol. The monoisotopic (exact) mass is 180 g/mol. The number of benzene rings is 1. The molecule has 1 heteroatoms. The molecule has 0 saturated heterocycles. The Kier molecular flexibility index (Phi) is 1.88. The van der Waals surface area contributed by atoms with Crippen molar-refractivity contribution in [3.63, 3.8) is 0 Å². The van der Waals surface area contributed by atoms with Gasteiger partial charge in [-0.1, -0.05) is 29.8 Å². The first-order chi connectivity index (χ1) is 5.77. The van der Waals surface area contributed by atoms with Crippen LogP contribution in [0.2, 0.25) is 0 Å². The molecule has 1 aromatic carbocycles. The topological polar surface area (TPSA) is 0 Å². The second-order valence-corrected chi connectivity index (χ2v) is 4.05. The second-order valence-electron chi connectivity index (χ2n) is 3.78. The molecule has 1 aliphatic rings. The van der Waals surface area contributed by atoms with Gasteiger partial charge in [0.15, 0.2) is 0 Å². The van der Waals surface area contributed by atoms with E-state index in [-0.39, 0.29) is 0 Å². The van der Waals surface area contributed by atoms with Crippen LogP contribution in [-0.2, 0) is 5.41 Å². The smallest absolute Gasteiger partial charge is 0.0320 e. The highest BCUT2D eigenvalue weighted by molar-refractivity contribution is 6.19. The Morgan fingerprint density at radius 1 is 1.42 bits per heavy atom. The molecule has 0 heterocycles. The average Bonchev–Trinajstić information content (AvgIpc) is 2.84. The van der Waals surface area contributed by atoms with E-state index in [2.05, 4.69) is 31.2 Å². The van der Waals surface area contributed by atoms with Crippen molar-refractivity contribution in [1.29, 1.82) is 0 Å². The van der Waals surface area contributed by atoms with E-state index in [1.54, 1.807) is 0 Å². The van der Waals surface area contributed by atoms with E-state index in [1.165, 1.54) is 24.0 Å². The molecule has 0 radical (unpaired) electrons. The highest BCUT2D eigenvalue weighted by Crippen LogP contribution is 2.48. The third kappa shape index (κ3) is 1.25. The highest BCUT2D eigenvalue weighted by Gasteiger charge is 2.43. The van der Waals surface area contributed by atoms with E-state index >= 15 is 0 Å². The van der Waals surface area contributed by atoms with Gasteiger partial charge in [0.1, 0.15) is 0 Å². The Hall–Kier alpha value is -0.490. The van der Waals surface area contributed by atoms with Gasteiger partial charge in [0, 0.05) is 11.3 Å². The zero-order valence-corrected chi connectivity index (χ0v) is 8.06. The Bertz CT molecular complexity index is 287. The second kappa shape index (κ2) is 2.77. The van der Waals surface area contributed by atoms with Crippen LogP contribution in [0.5, 0.6) is 0 Å². The Balaban J connectivity index is 2.34. The normalized spacial score (nSPS) is 19.2. The van der Waals surface area contributed by atoms with E-state index in [0.29, 0.717) is 5.41 Å². The van der Waals surface area contributed by atoms with Gasteiger partial charge < -0.3 is 0 Å². The first-order valence-electron chi connectivity index (χ1n) is 4.40. The van der Waals surface area contributed by atoms with Crippen molar-refractivity contribution in [2.24, 2.45) is 0 Å². The molecule has 0 nitrogen and oxygen atoms in total. The molecule has 0 unspecified atom stereocenters. The van der Waals surface area contributed by atoms with Crippen molar-refractivity contribution in [1.82, 2.24) is 0 Å². The van der Waals surface area contributed by atoms with Crippen molar-refractivity contribution in [2.45, 2.75) is 25.2 Å². The summed E-state index contributed by atoms with van der Waals surface area (Å²) in [6.45, 7) is 2.13. The minimum atomic E-state index is 0.341. The standard InChI is InChI=1S/C11H13Cl/c1-9-3-2-4-10(7-9)11(8-12)5-6-11/h2-4,7H,5-6,8H2,1H3. The van der Waals surface area contributed by atoms with Gasteiger partial charge in [-0.05, 0) is 25.3 Å². The van der Waals surface area contributed by atoms with Crippen molar-refractivity contribution in [3.05, 3.63) is 35.4 Å². The van der Waals surface area contributed by atoms with Crippen LogP contribution in [0, 0.1) is 6.92 Å². The number of hydrogen-bond donors (Lipinski definition) is 0. The minimum absolute atomic E-state index is 0.341. The molecule has 0 amide bonds. The summed E-state index contributed by atoms with van der Waals surface area (Å²) in [5, 5.41) is 0. The lowest BCUT2D eigenvalue weighted by Gasteiger charge is -2.11. The fourth-order valence-corrected chi connectivity index (χ4v) is 2.05. The maximum atomic E-state index is 5.94. The Labute approximate surface area is 78.6 Å². The van der Waals surface area contributed by atoms with Crippen LogP contribution in [0.3, 0.4) is 0 Å². The summed E-state index contributed by atoms with van der Waals surface area (Å²) in [5.41, 5.74) is 3.11. The van der Waals surface area contributed by atoms with Crippen molar-refractivity contribution in [2.75, 3.05) is 5.88 Å². The number of alkyl halides is 1. The summed E-state index contributed by atoms with van der Waals surface area (Å²) < 4.78 is 0. The van der Waals surface area contributed by atoms with Crippen LogP contribution in [-0.4, -0.2) is 5.88 Å². The molecule has 0 spiro atoms.